The maximum absolute atomic E-state index is 12.6. The highest BCUT2D eigenvalue weighted by molar-refractivity contribution is 7.92. The number of carbonyl (C=O) groups excluding carboxylic acids is 1. The third-order valence-electron chi connectivity index (χ3n) is 8.97. The fourth-order valence-electron chi connectivity index (χ4n) is 6.43. The predicted octanol–water partition coefficient (Wildman–Crippen LogP) is 8.88. The van der Waals surface area contributed by atoms with E-state index in [4.69, 9.17) is 28.2 Å². The molecule has 1 saturated carbocycles. The molecule has 1 amide bonds. The number of halogens is 2. The van der Waals surface area contributed by atoms with Gasteiger partial charge in [0, 0.05) is 28.9 Å². The molecule has 2 heterocycles. The van der Waals surface area contributed by atoms with Crippen LogP contribution in [-0.4, -0.2) is 30.4 Å². The number of amides is 1. The summed E-state index contributed by atoms with van der Waals surface area (Å²) in [4.78, 5) is 16.9. The zero-order valence-electron chi connectivity index (χ0n) is 26.1. The molecule has 5 aromatic rings. The van der Waals surface area contributed by atoms with Crippen LogP contribution in [0.2, 0.25) is 10.0 Å². The first kappa shape index (κ1) is 32.2. The van der Waals surface area contributed by atoms with Crippen molar-refractivity contribution in [3.05, 3.63) is 130 Å². The van der Waals surface area contributed by atoms with E-state index in [1.807, 2.05) is 27.6 Å². The van der Waals surface area contributed by atoms with Crippen molar-refractivity contribution >= 4 is 51.1 Å². The minimum absolute atomic E-state index is 0.277. The first-order valence-corrected chi connectivity index (χ1v) is 18.3. The highest BCUT2D eigenvalue weighted by atomic mass is 35.5. The molecule has 1 aliphatic carbocycles. The summed E-state index contributed by atoms with van der Waals surface area (Å²) in [6.07, 6.45) is 13.6. The Bertz CT molecular complexity index is 2100. The van der Waals surface area contributed by atoms with Crippen LogP contribution in [0.15, 0.2) is 103 Å². The summed E-state index contributed by atoms with van der Waals surface area (Å²) in [7, 11) is -3.96. The summed E-state index contributed by atoms with van der Waals surface area (Å²) in [5.41, 5.74) is 6.99. The topological polar surface area (TPSA) is 84.3 Å². The van der Waals surface area contributed by atoms with Gasteiger partial charge < -0.3 is 4.57 Å². The number of anilines is 1. The Kier molecular flexibility index (Phi) is 9.14. The number of nitrogens with zero attached hydrogens (tertiary/aromatic N) is 3. The summed E-state index contributed by atoms with van der Waals surface area (Å²) in [5, 5.41) is 0.997. The standard InChI is InChI=1S/C38H34Cl2N4O3S/c39-31-19-20-34(35(40)22-31)36-24-43(32-7-4-8-33(23-32)44-25-38(45)42-48(44,46)47)37(41-36)21-28-13-17-30(18-14-28)29-15-11-27(12-16-29)10-9-26-5-2-1-3-6-26/h4,7-20,22-24,26H,1-3,5-6,21,25H2,(H,42,45)/b10-9+. The van der Waals surface area contributed by atoms with E-state index in [0.717, 1.165) is 32.4 Å². The minimum Gasteiger partial charge on any atom is -0.303 e. The van der Waals surface area contributed by atoms with Gasteiger partial charge in [-0.15, -0.1) is 0 Å². The number of imidazole rings is 1. The van der Waals surface area contributed by atoms with Gasteiger partial charge in [0.05, 0.1) is 16.4 Å². The Balaban J connectivity index is 1.16. The Morgan fingerprint density at radius 3 is 2.25 bits per heavy atom. The second-order valence-electron chi connectivity index (χ2n) is 12.3. The van der Waals surface area contributed by atoms with Crippen LogP contribution in [0.25, 0.3) is 34.1 Å². The predicted molar refractivity (Wildman–Crippen MR) is 194 cm³/mol. The summed E-state index contributed by atoms with van der Waals surface area (Å²) < 4.78 is 30.1. The zero-order chi connectivity index (χ0) is 33.3. The molecule has 1 saturated heterocycles. The lowest BCUT2D eigenvalue weighted by Gasteiger charge is -2.17. The van der Waals surface area contributed by atoms with Crippen LogP contribution in [0.5, 0.6) is 0 Å². The number of benzene rings is 4. The SMILES string of the molecule is O=C1CN(c2cccc(-n3cc(-c4ccc(Cl)cc4Cl)nc3Cc3ccc(-c4ccc(/C=C/C5CCCCC5)cc4)cc3)c2)S(=O)(=O)N1. The molecule has 7 rings (SSSR count). The number of allylic oxidation sites excluding steroid dienone is 1. The molecule has 0 radical (unpaired) electrons. The number of rotatable bonds is 8. The van der Waals surface area contributed by atoms with E-state index in [0.29, 0.717) is 39.5 Å². The second kappa shape index (κ2) is 13.6. The van der Waals surface area contributed by atoms with Crippen LogP contribution < -0.4 is 9.03 Å². The normalized spacial score (nSPS) is 16.5. The largest absolute Gasteiger partial charge is 0.326 e. The minimum atomic E-state index is -3.96. The summed E-state index contributed by atoms with van der Waals surface area (Å²) in [5.74, 6) is 0.858. The molecule has 0 spiro atoms. The van der Waals surface area contributed by atoms with Crippen LogP contribution in [-0.2, 0) is 21.4 Å². The molecule has 2 aliphatic rings. The molecule has 7 nitrogen and oxygen atoms in total. The van der Waals surface area contributed by atoms with Crippen molar-refractivity contribution in [1.82, 2.24) is 14.3 Å². The maximum Gasteiger partial charge on any atom is 0.326 e. The molecule has 1 aliphatic heterocycles. The van der Waals surface area contributed by atoms with E-state index < -0.39 is 16.1 Å². The molecule has 10 heteroatoms. The molecule has 2 fully saturated rings. The van der Waals surface area contributed by atoms with Gasteiger partial charge in [-0.25, -0.2) is 14.0 Å². The van der Waals surface area contributed by atoms with Gasteiger partial charge in [0.15, 0.2) is 0 Å². The van der Waals surface area contributed by atoms with E-state index >= 15 is 0 Å². The zero-order valence-corrected chi connectivity index (χ0v) is 28.5. The van der Waals surface area contributed by atoms with Crippen LogP contribution in [0, 0.1) is 5.92 Å². The Hall–Kier alpha value is -4.37. The molecule has 48 heavy (non-hydrogen) atoms. The molecular formula is C38H34Cl2N4O3S. The molecule has 1 aromatic heterocycles. The van der Waals surface area contributed by atoms with Crippen LogP contribution in [0.4, 0.5) is 5.69 Å². The van der Waals surface area contributed by atoms with Crippen molar-refractivity contribution in [3.63, 3.8) is 0 Å². The molecule has 0 bridgehead atoms. The van der Waals surface area contributed by atoms with E-state index in [-0.39, 0.29) is 6.54 Å². The average Bonchev–Trinajstić information content (AvgIpc) is 3.63. The molecule has 0 atom stereocenters. The molecule has 4 aromatic carbocycles. The van der Waals surface area contributed by atoms with Crippen molar-refractivity contribution in [2.45, 2.75) is 38.5 Å². The van der Waals surface area contributed by atoms with Gasteiger partial charge in [-0.3, -0.25) is 4.79 Å². The van der Waals surface area contributed by atoms with Crippen molar-refractivity contribution in [1.29, 1.82) is 0 Å². The van der Waals surface area contributed by atoms with Crippen molar-refractivity contribution < 1.29 is 13.2 Å². The molecule has 244 valence electrons. The highest BCUT2D eigenvalue weighted by Gasteiger charge is 2.34. The summed E-state index contributed by atoms with van der Waals surface area (Å²) >= 11 is 12.7. The Morgan fingerprint density at radius 1 is 0.854 bits per heavy atom. The lowest BCUT2D eigenvalue weighted by Crippen LogP contribution is -2.29. The fraction of sp³-hybridized carbons (Fsp3) is 0.211. The Labute approximate surface area is 291 Å². The van der Waals surface area contributed by atoms with Crippen LogP contribution in [0.1, 0.15) is 49.1 Å². The van der Waals surface area contributed by atoms with E-state index in [9.17, 15) is 13.2 Å². The fourth-order valence-corrected chi connectivity index (χ4v) is 8.07. The lowest BCUT2D eigenvalue weighted by atomic mass is 9.88. The van der Waals surface area contributed by atoms with Gasteiger partial charge in [-0.2, -0.15) is 8.42 Å². The number of carbonyl (C=O) groups is 1. The van der Waals surface area contributed by atoms with Gasteiger partial charge in [0.1, 0.15) is 12.4 Å². The monoisotopic (exact) mass is 696 g/mol. The van der Waals surface area contributed by atoms with Crippen molar-refractivity contribution in [2.24, 2.45) is 5.92 Å². The third-order valence-corrected chi connectivity index (χ3v) is 10.9. The van der Waals surface area contributed by atoms with Gasteiger partial charge in [-0.1, -0.05) is 109 Å². The van der Waals surface area contributed by atoms with Gasteiger partial charge in [-0.05, 0) is 77.4 Å². The number of nitrogens with one attached hydrogen (secondary N) is 1. The second-order valence-corrected chi connectivity index (χ2v) is 14.8. The van der Waals surface area contributed by atoms with Crippen LogP contribution in [0.3, 0.4) is 0 Å². The average molecular weight is 698 g/mol. The van der Waals surface area contributed by atoms with Gasteiger partial charge >= 0.3 is 10.2 Å². The smallest absolute Gasteiger partial charge is 0.303 e. The number of aromatic nitrogens is 2. The Morgan fingerprint density at radius 2 is 1.56 bits per heavy atom. The summed E-state index contributed by atoms with van der Waals surface area (Å²) in [6.45, 7) is -0.277. The van der Waals surface area contributed by atoms with Crippen molar-refractivity contribution in [3.8, 4) is 28.1 Å². The van der Waals surface area contributed by atoms with E-state index in [2.05, 4.69) is 60.7 Å². The molecule has 0 unspecified atom stereocenters. The van der Waals surface area contributed by atoms with Gasteiger partial charge in [0.25, 0.3) is 5.91 Å². The van der Waals surface area contributed by atoms with E-state index in [1.54, 1.807) is 30.3 Å². The first-order chi connectivity index (χ1) is 23.2. The maximum atomic E-state index is 12.6. The van der Waals surface area contributed by atoms with Crippen molar-refractivity contribution in [2.75, 3.05) is 10.8 Å². The number of hydrogen-bond donors (Lipinski definition) is 1. The quantitative estimate of drug-likeness (QED) is 0.176. The van der Waals surface area contributed by atoms with E-state index in [1.165, 1.54) is 37.7 Å². The third kappa shape index (κ3) is 7.06. The molecule has 1 N–H and O–H groups in total. The van der Waals surface area contributed by atoms with Crippen LogP contribution >= 0.6 is 23.2 Å². The number of hydrogen-bond acceptors (Lipinski definition) is 4. The first-order valence-electron chi connectivity index (χ1n) is 16.1. The summed E-state index contributed by atoms with van der Waals surface area (Å²) in [6, 6.07) is 29.4. The van der Waals surface area contributed by atoms with Gasteiger partial charge in [0.2, 0.25) is 0 Å². The molecular weight excluding hydrogens is 663 g/mol. The lowest BCUT2D eigenvalue weighted by molar-refractivity contribution is -0.117. The highest BCUT2D eigenvalue weighted by Crippen LogP contribution is 2.33.